The van der Waals surface area contributed by atoms with Crippen molar-refractivity contribution in [1.29, 1.82) is 0 Å². The predicted molar refractivity (Wildman–Crippen MR) is 75.8 cm³/mol. The van der Waals surface area contributed by atoms with E-state index in [1.165, 1.54) is 32.1 Å². The zero-order valence-corrected chi connectivity index (χ0v) is 11.4. The number of hydrogen-bond acceptors (Lipinski definition) is 3. The van der Waals surface area contributed by atoms with Crippen molar-refractivity contribution < 1.29 is 4.79 Å². The van der Waals surface area contributed by atoms with Crippen molar-refractivity contribution >= 4 is 5.78 Å². The second-order valence-corrected chi connectivity index (χ2v) is 5.35. The van der Waals surface area contributed by atoms with Crippen molar-refractivity contribution in [2.24, 2.45) is 5.73 Å². The van der Waals surface area contributed by atoms with Crippen LogP contribution in [0, 0.1) is 0 Å². The number of nitrogens with two attached hydrogens (primary N) is 1. The standard InChI is InChI=1S/C15H23N3O/c1-2-6-14(16)15(19)11-12-9-10-18(17-12)13-7-4-3-5-8-13/h2,9-10,13-14H,1,3-8,11,16H2. The van der Waals surface area contributed by atoms with Crippen LogP contribution in [-0.4, -0.2) is 21.6 Å². The van der Waals surface area contributed by atoms with Gasteiger partial charge in [-0.1, -0.05) is 25.3 Å². The molecule has 0 saturated heterocycles. The van der Waals surface area contributed by atoms with Crippen LogP contribution < -0.4 is 5.73 Å². The normalized spacial score (nSPS) is 18.2. The highest BCUT2D eigenvalue weighted by Crippen LogP contribution is 2.27. The molecule has 0 bridgehead atoms. The third kappa shape index (κ3) is 3.77. The van der Waals surface area contributed by atoms with Crippen molar-refractivity contribution in [2.45, 2.75) is 57.0 Å². The van der Waals surface area contributed by atoms with Gasteiger partial charge in [0.1, 0.15) is 0 Å². The highest BCUT2D eigenvalue weighted by molar-refractivity contribution is 5.85. The van der Waals surface area contributed by atoms with Gasteiger partial charge in [-0.25, -0.2) is 0 Å². The predicted octanol–water partition coefficient (Wildman–Crippen LogP) is 2.40. The maximum absolute atomic E-state index is 11.9. The van der Waals surface area contributed by atoms with Gasteiger partial charge >= 0.3 is 0 Å². The zero-order valence-electron chi connectivity index (χ0n) is 11.4. The molecule has 1 aliphatic rings. The summed E-state index contributed by atoms with van der Waals surface area (Å²) in [5, 5.41) is 4.53. The summed E-state index contributed by atoms with van der Waals surface area (Å²) in [5.41, 5.74) is 6.60. The molecule has 0 spiro atoms. The van der Waals surface area contributed by atoms with Gasteiger partial charge in [-0.2, -0.15) is 5.10 Å². The SMILES string of the molecule is C=CCC(N)C(=O)Cc1ccn(C2CCCCC2)n1. The molecule has 1 unspecified atom stereocenters. The van der Waals surface area contributed by atoms with Crippen LogP contribution in [0.4, 0.5) is 0 Å². The van der Waals surface area contributed by atoms with Crippen LogP contribution in [0.2, 0.25) is 0 Å². The lowest BCUT2D eigenvalue weighted by Gasteiger charge is -2.21. The molecule has 2 rings (SSSR count). The van der Waals surface area contributed by atoms with Crippen molar-refractivity contribution in [3.63, 3.8) is 0 Å². The molecule has 4 nitrogen and oxygen atoms in total. The van der Waals surface area contributed by atoms with Crippen LogP contribution in [0.25, 0.3) is 0 Å². The van der Waals surface area contributed by atoms with E-state index in [0.29, 0.717) is 18.9 Å². The Morgan fingerprint density at radius 3 is 2.95 bits per heavy atom. The van der Waals surface area contributed by atoms with Gasteiger partial charge in [0, 0.05) is 6.20 Å². The molecule has 19 heavy (non-hydrogen) atoms. The number of Topliss-reactive ketones (excluding diaryl/α,β-unsaturated/α-hetero) is 1. The second-order valence-electron chi connectivity index (χ2n) is 5.35. The molecule has 1 aromatic rings. The molecule has 1 heterocycles. The molecule has 1 saturated carbocycles. The van der Waals surface area contributed by atoms with Crippen LogP contribution in [0.5, 0.6) is 0 Å². The van der Waals surface area contributed by atoms with E-state index in [2.05, 4.69) is 11.7 Å². The average molecular weight is 261 g/mol. The lowest BCUT2D eigenvalue weighted by molar-refractivity contribution is -0.119. The van der Waals surface area contributed by atoms with Gasteiger partial charge in [-0.3, -0.25) is 9.48 Å². The highest BCUT2D eigenvalue weighted by Gasteiger charge is 2.18. The van der Waals surface area contributed by atoms with Gasteiger partial charge in [-0.15, -0.1) is 6.58 Å². The molecular weight excluding hydrogens is 238 g/mol. The van der Waals surface area contributed by atoms with Crippen LogP contribution in [0.15, 0.2) is 24.9 Å². The molecule has 1 fully saturated rings. The van der Waals surface area contributed by atoms with Crippen LogP contribution in [0.3, 0.4) is 0 Å². The van der Waals surface area contributed by atoms with Gasteiger partial charge in [0.25, 0.3) is 0 Å². The lowest BCUT2D eigenvalue weighted by Crippen LogP contribution is -2.31. The summed E-state index contributed by atoms with van der Waals surface area (Å²) >= 11 is 0. The summed E-state index contributed by atoms with van der Waals surface area (Å²) in [6.07, 6.45) is 10.8. The first-order valence-electron chi connectivity index (χ1n) is 7.14. The number of hydrogen-bond donors (Lipinski definition) is 1. The average Bonchev–Trinajstić information content (AvgIpc) is 2.88. The Balaban J connectivity index is 1.93. The van der Waals surface area contributed by atoms with Gasteiger partial charge < -0.3 is 5.73 Å². The Kier molecular flexibility index (Phi) is 4.91. The molecule has 1 atom stereocenters. The second kappa shape index (κ2) is 6.66. The molecule has 2 N–H and O–H groups in total. The van der Waals surface area contributed by atoms with Crippen LogP contribution >= 0.6 is 0 Å². The van der Waals surface area contributed by atoms with E-state index < -0.39 is 6.04 Å². The quantitative estimate of drug-likeness (QED) is 0.800. The minimum Gasteiger partial charge on any atom is -0.321 e. The summed E-state index contributed by atoms with van der Waals surface area (Å²) < 4.78 is 2.03. The Morgan fingerprint density at radius 2 is 2.26 bits per heavy atom. The number of carbonyl (C=O) groups excluding carboxylic acids is 1. The fourth-order valence-corrected chi connectivity index (χ4v) is 2.64. The van der Waals surface area contributed by atoms with Gasteiger partial charge in [-0.05, 0) is 25.3 Å². The summed E-state index contributed by atoms with van der Waals surface area (Å²) in [6.45, 7) is 3.60. The fourth-order valence-electron chi connectivity index (χ4n) is 2.64. The molecule has 1 aliphatic carbocycles. The molecule has 0 amide bonds. The maximum atomic E-state index is 11.9. The topological polar surface area (TPSA) is 60.9 Å². The van der Waals surface area contributed by atoms with Crippen LogP contribution in [0.1, 0.15) is 50.3 Å². The minimum atomic E-state index is -0.447. The van der Waals surface area contributed by atoms with E-state index in [1.807, 2.05) is 16.9 Å². The number of carbonyl (C=O) groups is 1. The molecule has 4 heteroatoms. The van der Waals surface area contributed by atoms with E-state index in [4.69, 9.17) is 5.73 Å². The number of ketones is 1. The van der Waals surface area contributed by atoms with E-state index in [1.54, 1.807) is 6.08 Å². The Hall–Kier alpha value is -1.42. The van der Waals surface area contributed by atoms with Crippen LogP contribution in [-0.2, 0) is 11.2 Å². The monoisotopic (exact) mass is 261 g/mol. The van der Waals surface area contributed by atoms with Gasteiger partial charge in [0.2, 0.25) is 0 Å². The first-order valence-corrected chi connectivity index (χ1v) is 7.14. The Bertz CT molecular complexity index is 432. The van der Waals surface area contributed by atoms with Crippen molar-refractivity contribution in [3.05, 3.63) is 30.6 Å². The Morgan fingerprint density at radius 1 is 1.53 bits per heavy atom. The molecule has 1 aromatic heterocycles. The number of nitrogens with zero attached hydrogens (tertiary/aromatic N) is 2. The summed E-state index contributed by atoms with van der Waals surface area (Å²) in [4.78, 5) is 11.9. The van der Waals surface area contributed by atoms with Gasteiger partial charge in [0.15, 0.2) is 5.78 Å². The van der Waals surface area contributed by atoms with Crippen molar-refractivity contribution in [2.75, 3.05) is 0 Å². The molecule has 0 aromatic carbocycles. The molecule has 0 aliphatic heterocycles. The summed E-state index contributed by atoms with van der Waals surface area (Å²) in [6, 6.07) is 2.00. The summed E-state index contributed by atoms with van der Waals surface area (Å²) in [7, 11) is 0. The smallest absolute Gasteiger partial charge is 0.155 e. The van der Waals surface area contributed by atoms with Crippen molar-refractivity contribution in [3.8, 4) is 0 Å². The van der Waals surface area contributed by atoms with Gasteiger partial charge in [0.05, 0.1) is 24.2 Å². The molecular formula is C15H23N3O. The maximum Gasteiger partial charge on any atom is 0.155 e. The fraction of sp³-hybridized carbons (Fsp3) is 0.600. The molecule has 104 valence electrons. The number of aromatic nitrogens is 2. The minimum absolute atomic E-state index is 0.0359. The zero-order chi connectivity index (χ0) is 13.7. The lowest BCUT2D eigenvalue weighted by atomic mass is 9.96. The highest BCUT2D eigenvalue weighted by atomic mass is 16.1. The third-order valence-corrected chi connectivity index (χ3v) is 3.80. The first-order chi connectivity index (χ1) is 9.20. The molecule has 0 radical (unpaired) electrons. The first kappa shape index (κ1) is 14.0. The van der Waals surface area contributed by atoms with E-state index in [0.717, 1.165) is 5.69 Å². The Labute approximate surface area is 114 Å². The van der Waals surface area contributed by atoms with E-state index in [9.17, 15) is 4.79 Å². The number of rotatable bonds is 6. The van der Waals surface area contributed by atoms with E-state index >= 15 is 0 Å². The largest absolute Gasteiger partial charge is 0.321 e. The van der Waals surface area contributed by atoms with Crippen molar-refractivity contribution in [1.82, 2.24) is 9.78 Å². The third-order valence-electron chi connectivity index (χ3n) is 3.80. The van der Waals surface area contributed by atoms with E-state index in [-0.39, 0.29) is 5.78 Å². The summed E-state index contributed by atoms with van der Waals surface area (Å²) in [5.74, 6) is 0.0359.